The van der Waals surface area contributed by atoms with Gasteiger partial charge in [-0.05, 0) is 42.7 Å². The minimum Gasteiger partial charge on any atom is -0.276 e. The van der Waals surface area contributed by atoms with Gasteiger partial charge in [-0.1, -0.05) is 54.1 Å². The molecule has 0 saturated heterocycles. The van der Waals surface area contributed by atoms with E-state index in [-0.39, 0.29) is 18.6 Å². The summed E-state index contributed by atoms with van der Waals surface area (Å²) in [4.78, 5) is 34.1. The fourth-order valence-corrected chi connectivity index (χ4v) is 4.29. The Kier molecular flexibility index (Phi) is 7.97. The molecule has 0 aliphatic carbocycles. The first kappa shape index (κ1) is 23.1. The Bertz CT molecular complexity index is 1060. The average molecular weight is 461 g/mol. The highest BCUT2D eigenvalue weighted by molar-refractivity contribution is 7.22. The second kappa shape index (κ2) is 10.7. The Hall–Kier alpha value is -2.52. The van der Waals surface area contributed by atoms with E-state index in [9.17, 15) is 9.59 Å². The summed E-state index contributed by atoms with van der Waals surface area (Å²) in [5.41, 5.74) is 5.94. The van der Waals surface area contributed by atoms with Gasteiger partial charge in [-0.25, -0.2) is 10.4 Å². The van der Waals surface area contributed by atoms with Gasteiger partial charge in [-0.15, -0.1) is 0 Å². The van der Waals surface area contributed by atoms with E-state index in [2.05, 4.69) is 10.4 Å². The van der Waals surface area contributed by atoms with Crippen molar-refractivity contribution in [2.24, 2.45) is 0 Å². The van der Waals surface area contributed by atoms with Crippen LogP contribution in [-0.2, 0) is 21.0 Å². The fraction of sp³-hybridized carbons (Fsp3) is 0.318. The Morgan fingerprint density at radius 3 is 2.77 bits per heavy atom. The molecule has 3 aromatic rings. The van der Waals surface area contributed by atoms with Crippen LogP contribution in [0.5, 0.6) is 0 Å². The van der Waals surface area contributed by atoms with Crippen LogP contribution < -0.4 is 10.5 Å². The summed E-state index contributed by atoms with van der Waals surface area (Å²) in [5.74, 6) is -0.157. The van der Waals surface area contributed by atoms with E-state index in [1.165, 1.54) is 23.3 Å². The zero-order chi connectivity index (χ0) is 22.4. The van der Waals surface area contributed by atoms with Crippen molar-refractivity contribution in [1.29, 1.82) is 0 Å². The van der Waals surface area contributed by atoms with E-state index >= 15 is 0 Å². The van der Waals surface area contributed by atoms with Crippen LogP contribution in [0.1, 0.15) is 31.4 Å². The van der Waals surface area contributed by atoms with Crippen LogP contribution in [0, 0.1) is 6.92 Å². The SMILES string of the molecule is CC[C@@H](CON(C=O)c1nc2ccc(C)cc2s1)N(NCc1ccccc1Cl)C(C)=O. The average Bonchev–Trinajstić information content (AvgIpc) is 3.16. The fourth-order valence-electron chi connectivity index (χ4n) is 3.10. The van der Waals surface area contributed by atoms with Gasteiger partial charge in [0.2, 0.25) is 17.4 Å². The number of anilines is 1. The van der Waals surface area contributed by atoms with E-state index in [1.807, 2.05) is 50.2 Å². The Balaban J connectivity index is 1.68. The molecule has 2 amide bonds. The van der Waals surface area contributed by atoms with Gasteiger partial charge in [0.25, 0.3) is 0 Å². The van der Waals surface area contributed by atoms with Crippen LogP contribution in [0.25, 0.3) is 10.2 Å². The van der Waals surface area contributed by atoms with E-state index in [1.54, 1.807) is 6.07 Å². The largest absolute Gasteiger partial charge is 0.276 e. The zero-order valence-corrected chi connectivity index (χ0v) is 19.2. The number of aromatic nitrogens is 1. The minimum absolute atomic E-state index is 0.124. The smallest absolute Gasteiger partial charge is 0.240 e. The maximum absolute atomic E-state index is 12.3. The third kappa shape index (κ3) is 5.80. The van der Waals surface area contributed by atoms with Crippen LogP contribution in [0.4, 0.5) is 5.13 Å². The molecule has 0 spiro atoms. The van der Waals surface area contributed by atoms with Gasteiger partial charge >= 0.3 is 0 Å². The normalized spacial score (nSPS) is 12.0. The number of nitrogens with one attached hydrogen (secondary N) is 1. The van der Waals surface area contributed by atoms with Crippen molar-refractivity contribution < 1.29 is 14.4 Å². The van der Waals surface area contributed by atoms with Crippen molar-refractivity contribution in [3.8, 4) is 0 Å². The number of hydrogen-bond donors (Lipinski definition) is 1. The summed E-state index contributed by atoms with van der Waals surface area (Å²) in [7, 11) is 0. The van der Waals surface area contributed by atoms with E-state index in [4.69, 9.17) is 16.4 Å². The molecule has 0 radical (unpaired) electrons. The Morgan fingerprint density at radius 1 is 1.32 bits per heavy atom. The summed E-state index contributed by atoms with van der Waals surface area (Å²) in [5, 5.41) is 3.72. The molecular weight excluding hydrogens is 436 g/mol. The van der Waals surface area contributed by atoms with Crippen LogP contribution in [0.2, 0.25) is 5.02 Å². The molecule has 7 nitrogen and oxygen atoms in total. The van der Waals surface area contributed by atoms with Gasteiger partial charge in [-0.3, -0.25) is 19.4 Å². The monoisotopic (exact) mass is 460 g/mol. The molecule has 31 heavy (non-hydrogen) atoms. The number of fused-ring (bicyclic) bond motifs is 1. The number of thiazole rings is 1. The molecule has 0 aliphatic rings. The number of hydrogen-bond acceptors (Lipinski definition) is 6. The molecule has 0 bridgehead atoms. The number of rotatable bonds is 10. The third-order valence-electron chi connectivity index (χ3n) is 4.80. The lowest BCUT2D eigenvalue weighted by atomic mass is 10.2. The molecule has 0 unspecified atom stereocenters. The van der Waals surface area contributed by atoms with E-state index in [0.29, 0.717) is 29.5 Å². The van der Waals surface area contributed by atoms with Gasteiger partial charge in [0.1, 0.15) is 0 Å². The molecule has 1 atom stereocenters. The molecule has 0 aliphatic heterocycles. The molecule has 0 fully saturated rings. The van der Waals surface area contributed by atoms with Gasteiger partial charge in [-0.2, -0.15) is 5.06 Å². The highest BCUT2D eigenvalue weighted by Gasteiger charge is 2.22. The van der Waals surface area contributed by atoms with Crippen molar-refractivity contribution >= 4 is 50.6 Å². The van der Waals surface area contributed by atoms with Crippen molar-refractivity contribution in [3.63, 3.8) is 0 Å². The summed E-state index contributed by atoms with van der Waals surface area (Å²) >= 11 is 7.59. The zero-order valence-electron chi connectivity index (χ0n) is 17.7. The third-order valence-corrected chi connectivity index (χ3v) is 6.17. The molecule has 2 aromatic carbocycles. The summed E-state index contributed by atoms with van der Waals surface area (Å²) in [6.07, 6.45) is 1.22. The lowest BCUT2D eigenvalue weighted by Crippen LogP contribution is -2.50. The quantitative estimate of drug-likeness (QED) is 0.356. The standard InChI is InChI=1S/C22H25ClN4O3S/c1-4-18(27(16(3)29)24-12-17-7-5-6-8-19(17)23)13-30-26(14-28)22-25-20-10-9-15(2)11-21(20)31-22/h5-11,14,18,24H,4,12-13H2,1-3H3/t18-/m0/s1. The molecule has 1 heterocycles. The predicted molar refractivity (Wildman–Crippen MR) is 124 cm³/mol. The summed E-state index contributed by atoms with van der Waals surface area (Å²) < 4.78 is 0.976. The van der Waals surface area contributed by atoms with Gasteiger partial charge in [0.15, 0.2) is 0 Å². The van der Waals surface area contributed by atoms with Crippen molar-refractivity contribution in [2.75, 3.05) is 11.7 Å². The first-order valence-electron chi connectivity index (χ1n) is 9.94. The highest BCUT2D eigenvalue weighted by Crippen LogP contribution is 2.29. The topological polar surface area (TPSA) is 74.8 Å². The number of hydroxylamine groups is 1. The molecule has 3 rings (SSSR count). The number of carbonyl (C=O) groups excluding carboxylic acids is 2. The molecule has 0 saturated carbocycles. The van der Waals surface area contributed by atoms with E-state index in [0.717, 1.165) is 26.4 Å². The number of carbonyl (C=O) groups is 2. The molecule has 164 valence electrons. The number of halogens is 1. The number of nitrogens with zero attached hydrogens (tertiary/aromatic N) is 3. The Labute approximate surface area is 190 Å². The van der Waals surface area contributed by atoms with Crippen molar-refractivity contribution in [1.82, 2.24) is 15.4 Å². The predicted octanol–water partition coefficient (Wildman–Crippen LogP) is 4.48. The second-order valence-electron chi connectivity index (χ2n) is 7.07. The van der Waals surface area contributed by atoms with Crippen LogP contribution in [0.15, 0.2) is 42.5 Å². The van der Waals surface area contributed by atoms with Crippen molar-refractivity contribution in [2.45, 2.75) is 39.8 Å². The maximum atomic E-state index is 12.3. The lowest BCUT2D eigenvalue weighted by Gasteiger charge is -2.31. The number of benzene rings is 2. The molecule has 1 aromatic heterocycles. The summed E-state index contributed by atoms with van der Waals surface area (Å²) in [6.45, 7) is 5.96. The summed E-state index contributed by atoms with van der Waals surface area (Å²) in [6, 6.07) is 13.1. The second-order valence-corrected chi connectivity index (χ2v) is 8.49. The number of aryl methyl sites for hydroxylation is 1. The molecular formula is C22H25ClN4O3S. The maximum Gasteiger partial charge on any atom is 0.240 e. The van der Waals surface area contributed by atoms with Gasteiger partial charge in [0, 0.05) is 18.5 Å². The molecule has 1 N–H and O–H groups in total. The van der Waals surface area contributed by atoms with Crippen molar-refractivity contribution in [3.05, 3.63) is 58.6 Å². The lowest BCUT2D eigenvalue weighted by molar-refractivity contribution is -0.137. The van der Waals surface area contributed by atoms with Gasteiger partial charge in [0.05, 0.1) is 22.9 Å². The van der Waals surface area contributed by atoms with Gasteiger partial charge < -0.3 is 0 Å². The minimum atomic E-state index is -0.293. The van der Waals surface area contributed by atoms with E-state index < -0.39 is 0 Å². The number of hydrazine groups is 1. The van der Waals surface area contributed by atoms with Crippen LogP contribution >= 0.6 is 22.9 Å². The number of amides is 2. The first-order chi connectivity index (χ1) is 14.9. The Morgan fingerprint density at radius 2 is 2.10 bits per heavy atom. The van der Waals surface area contributed by atoms with Crippen LogP contribution in [-0.4, -0.2) is 35.0 Å². The molecule has 9 heteroatoms. The first-order valence-corrected chi connectivity index (χ1v) is 11.1. The van der Waals surface area contributed by atoms with Crippen LogP contribution in [0.3, 0.4) is 0 Å². The highest BCUT2D eigenvalue weighted by atomic mass is 35.5.